The fourth-order valence-corrected chi connectivity index (χ4v) is 3.24. The van der Waals surface area contributed by atoms with Crippen molar-refractivity contribution in [3.05, 3.63) is 17.7 Å². The van der Waals surface area contributed by atoms with Crippen LogP contribution < -0.4 is 15.2 Å². The van der Waals surface area contributed by atoms with Crippen molar-refractivity contribution in [3.8, 4) is 11.5 Å². The Morgan fingerprint density at radius 3 is 2.33 bits per heavy atom. The fourth-order valence-electron chi connectivity index (χ4n) is 2.68. The SMILES string of the molecule is COc1cc(C2(CN)CC2C)c(OC)cc1SC. The standard InChI is InChI=1S/C14H21NO2S/c1-9-7-14(9,8-15)10-5-12(17-3)13(18-4)6-11(10)16-2/h5-6,9H,7-8,15H2,1-4H3. The van der Waals surface area contributed by atoms with Crippen molar-refractivity contribution in [2.45, 2.75) is 23.7 Å². The number of rotatable bonds is 5. The molecule has 2 rings (SSSR count). The largest absolute Gasteiger partial charge is 0.496 e. The van der Waals surface area contributed by atoms with E-state index in [1.807, 2.05) is 6.26 Å². The van der Waals surface area contributed by atoms with Crippen LogP contribution in [0.4, 0.5) is 0 Å². The lowest BCUT2D eigenvalue weighted by Gasteiger charge is -2.20. The first-order chi connectivity index (χ1) is 8.62. The predicted octanol–water partition coefficient (Wildman–Crippen LogP) is 2.66. The van der Waals surface area contributed by atoms with E-state index in [4.69, 9.17) is 15.2 Å². The van der Waals surface area contributed by atoms with Crippen LogP contribution in [0.1, 0.15) is 18.9 Å². The molecule has 1 aromatic rings. The smallest absolute Gasteiger partial charge is 0.132 e. The minimum absolute atomic E-state index is 0.0789. The average molecular weight is 267 g/mol. The number of hydrogen-bond donors (Lipinski definition) is 1. The summed E-state index contributed by atoms with van der Waals surface area (Å²) in [7, 11) is 3.42. The Balaban J connectivity index is 2.53. The number of thioether (sulfide) groups is 1. The predicted molar refractivity (Wildman–Crippen MR) is 75.8 cm³/mol. The Labute approximate surface area is 113 Å². The molecule has 0 saturated heterocycles. The van der Waals surface area contributed by atoms with E-state index in [2.05, 4.69) is 19.1 Å². The maximum atomic E-state index is 5.98. The minimum Gasteiger partial charge on any atom is -0.496 e. The quantitative estimate of drug-likeness (QED) is 0.833. The average Bonchev–Trinajstić information content (AvgIpc) is 3.08. The van der Waals surface area contributed by atoms with Crippen molar-refractivity contribution in [3.63, 3.8) is 0 Å². The van der Waals surface area contributed by atoms with Gasteiger partial charge in [0.25, 0.3) is 0 Å². The van der Waals surface area contributed by atoms with Crippen LogP contribution in [0.5, 0.6) is 11.5 Å². The molecule has 3 nitrogen and oxygen atoms in total. The first-order valence-electron chi connectivity index (χ1n) is 6.13. The molecule has 2 atom stereocenters. The Bertz CT molecular complexity index is 446. The van der Waals surface area contributed by atoms with Gasteiger partial charge < -0.3 is 15.2 Å². The second kappa shape index (κ2) is 5.02. The first-order valence-corrected chi connectivity index (χ1v) is 7.36. The Morgan fingerprint density at radius 2 is 1.94 bits per heavy atom. The third kappa shape index (κ3) is 1.97. The van der Waals surface area contributed by atoms with Crippen LogP contribution in [0.3, 0.4) is 0 Å². The second-order valence-corrected chi connectivity index (χ2v) is 5.72. The maximum Gasteiger partial charge on any atom is 0.132 e. The molecule has 0 heterocycles. The molecule has 2 N–H and O–H groups in total. The topological polar surface area (TPSA) is 44.5 Å². The highest BCUT2D eigenvalue weighted by atomic mass is 32.2. The highest BCUT2D eigenvalue weighted by Gasteiger charge is 2.52. The molecule has 0 bridgehead atoms. The summed E-state index contributed by atoms with van der Waals surface area (Å²) < 4.78 is 11.0. The molecule has 0 aliphatic heterocycles. The summed E-state index contributed by atoms with van der Waals surface area (Å²) in [6.07, 6.45) is 3.16. The van der Waals surface area contributed by atoms with Gasteiger partial charge in [0.05, 0.1) is 19.1 Å². The zero-order valence-corrected chi connectivity index (χ0v) is 12.3. The molecule has 0 aromatic heterocycles. The molecule has 1 fully saturated rings. The fraction of sp³-hybridized carbons (Fsp3) is 0.571. The van der Waals surface area contributed by atoms with Gasteiger partial charge in [-0.2, -0.15) is 0 Å². The molecule has 1 aliphatic carbocycles. The third-order valence-corrected chi connectivity index (χ3v) is 4.82. The van der Waals surface area contributed by atoms with Crippen molar-refractivity contribution in [2.24, 2.45) is 11.7 Å². The van der Waals surface area contributed by atoms with E-state index in [1.165, 1.54) is 5.56 Å². The molecule has 0 amide bonds. The van der Waals surface area contributed by atoms with Crippen LogP contribution in [0.25, 0.3) is 0 Å². The monoisotopic (exact) mass is 267 g/mol. The number of benzene rings is 1. The lowest BCUT2D eigenvalue weighted by Crippen LogP contribution is -2.22. The number of hydrogen-bond acceptors (Lipinski definition) is 4. The summed E-state index contributed by atoms with van der Waals surface area (Å²) in [4.78, 5) is 1.10. The molecule has 2 unspecified atom stereocenters. The summed E-state index contributed by atoms with van der Waals surface area (Å²) in [5.41, 5.74) is 7.24. The van der Waals surface area contributed by atoms with Gasteiger partial charge in [0, 0.05) is 17.5 Å². The van der Waals surface area contributed by atoms with Gasteiger partial charge >= 0.3 is 0 Å². The van der Waals surface area contributed by atoms with E-state index in [-0.39, 0.29) is 5.41 Å². The van der Waals surface area contributed by atoms with Crippen molar-refractivity contribution in [2.75, 3.05) is 27.0 Å². The lowest BCUT2D eigenvalue weighted by molar-refractivity contribution is 0.385. The molecule has 100 valence electrons. The van der Waals surface area contributed by atoms with Crippen molar-refractivity contribution >= 4 is 11.8 Å². The summed E-state index contributed by atoms with van der Waals surface area (Å²) in [6, 6.07) is 4.16. The highest BCUT2D eigenvalue weighted by Crippen LogP contribution is 2.57. The molecule has 1 aliphatic rings. The van der Waals surface area contributed by atoms with Crippen molar-refractivity contribution < 1.29 is 9.47 Å². The Morgan fingerprint density at radius 1 is 1.33 bits per heavy atom. The van der Waals surface area contributed by atoms with Gasteiger partial charge in [-0.1, -0.05) is 6.92 Å². The van der Waals surface area contributed by atoms with E-state index in [0.717, 1.165) is 22.8 Å². The number of methoxy groups -OCH3 is 2. The zero-order valence-electron chi connectivity index (χ0n) is 11.4. The highest BCUT2D eigenvalue weighted by molar-refractivity contribution is 7.98. The maximum absolute atomic E-state index is 5.98. The van der Waals surface area contributed by atoms with E-state index in [9.17, 15) is 0 Å². The van der Waals surface area contributed by atoms with Gasteiger partial charge in [0.15, 0.2) is 0 Å². The van der Waals surface area contributed by atoms with Gasteiger partial charge in [0.1, 0.15) is 11.5 Å². The molecular formula is C14H21NO2S. The molecular weight excluding hydrogens is 246 g/mol. The minimum atomic E-state index is 0.0789. The first kappa shape index (κ1) is 13.6. The normalized spacial score (nSPS) is 25.9. The van der Waals surface area contributed by atoms with E-state index < -0.39 is 0 Å². The lowest BCUT2D eigenvalue weighted by atomic mass is 9.92. The molecule has 0 radical (unpaired) electrons. The molecule has 4 heteroatoms. The van der Waals surface area contributed by atoms with Gasteiger partial charge in [0.2, 0.25) is 0 Å². The van der Waals surface area contributed by atoms with Crippen LogP contribution in [0, 0.1) is 5.92 Å². The second-order valence-electron chi connectivity index (χ2n) is 4.87. The molecule has 1 saturated carbocycles. The van der Waals surface area contributed by atoms with E-state index in [0.29, 0.717) is 12.5 Å². The molecule has 18 heavy (non-hydrogen) atoms. The number of ether oxygens (including phenoxy) is 2. The van der Waals surface area contributed by atoms with Gasteiger partial charge in [-0.15, -0.1) is 11.8 Å². The third-order valence-electron chi connectivity index (χ3n) is 4.06. The van der Waals surface area contributed by atoms with Gasteiger partial charge in [-0.25, -0.2) is 0 Å². The summed E-state index contributed by atoms with van der Waals surface area (Å²) >= 11 is 1.66. The van der Waals surface area contributed by atoms with Crippen molar-refractivity contribution in [1.29, 1.82) is 0 Å². The Kier molecular flexibility index (Phi) is 3.78. The van der Waals surface area contributed by atoms with E-state index >= 15 is 0 Å². The van der Waals surface area contributed by atoms with Crippen LogP contribution in [-0.4, -0.2) is 27.0 Å². The summed E-state index contributed by atoms with van der Waals surface area (Å²) in [5, 5.41) is 0. The van der Waals surface area contributed by atoms with E-state index in [1.54, 1.807) is 26.0 Å². The zero-order chi connectivity index (χ0) is 13.3. The van der Waals surface area contributed by atoms with Crippen LogP contribution in [-0.2, 0) is 5.41 Å². The number of nitrogens with two attached hydrogens (primary N) is 1. The van der Waals surface area contributed by atoms with Crippen LogP contribution >= 0.6 is 11.8 Å². The summed E-state index contributed by atoms with van der Waals surface area (Å²) in [5.74, 6) is 2.45. The summed E-state index contributed by atoms with van der Waals surface area (Å²) in [6.45, 7) is 2.90. The molecule has 1 aromatic carbocycles. The van der Waals surface area contributed by atoms with Crippen LogP contribution in [0.2, 0.25) is 0 Å². The van der Waals surface area contributed by atoms with Gasteiger partial charge in [-0.3, -0.25) is 0 Å². The van der Waals surface area contributed by atoms with Gasteiger partial charge in [-0.05, 0) is 30.7 Å². The Hall–Kier alpha value is -0.870. The van der Waals surface area contributed by atoms with Crippen molar-refractivity contribution in [1.82, 2.24) is 0 Å². The van der Waals surface area contributed by atoms with Crippen LogP contribution in [0.15, 0.2) is 17.0 Å². The molecule has 0 spiro atoms.